The molecular weight excluding hydrogens is 258 g/mol. The van der Waals surface area contributed by atoms with Gasteiger partial charge >= 0.3 is 0 Å². The van der Waals surface area contributed by atoms with E-state index in [1.54, 1.807) is 0 Å². The molecule has 0 aromatic heterocycles. The molecule has 1 heterocycles. The van der Waals surface area contributed by atoms with Gasteiger partial charge in [-0.1, -0.05) is 34.6 Å². The summed E-state index contributed by atoms with van der Waals surface area (Å²) in [6.07, 6.45) is 5.23. The van der Waals surface area contributed by atoms with Crippen LogP contribution in [0.3, 0.4) is 0 Å². The lowest BCUT2D eigenvalue weighted by Gasteiger charge is -2.34. The standard InChI is InChI=1S/C18H39N3/c1-7-12-19-17(18(3,4)5)11-14-20(6)15-16-10-9-13-21(16)8-2/h16-17,19H,7-15H2,1-6H3. The van der Waals surface area contributed by atoms with Crippen molar-refractivity contribution in [3.8, 4) is 0 Å². The topological polar surface area (TPSA) is 18.5 Å². The predicted molar refractivity (Wildman–Crippen MR) is 93.9 cm³/mol. The molecule has 0 aliphatic carbocycles. The molecule has 1 N–H and O–H groups in total. The summed E-state index contributed by atoms with van der Waals surface area (Å²) in [7, 11) is 2.30. The Morgan fingerprint density at radius 3 is 2.57 bits per heavy atom. The van der Waals surface area contributed by atoms with E-state index >= 15 is 0 Å². The summed E-state index contributed by atoms with van der Waals surface area (Å²) in [5, 5.41) is 3.74. The fraction of sp³-hybridized carbons (Fsp3) is 1.00. The Kier molecular flexibility index (Phi) is 8.22. The Labute approximate surface area is 133 Å². The highest BCUT2D eigenvalue weighted by Gasteiger charge is 2.26. The summed E-state index contributed by atoms with van der Waals surface area (Å²) in [5.74, 6) is 0. The molecule has 1 aliphatic heterocycles. The molecule has 0 amide bonds. The van der Waals surface area contributed by atoms with Crippen LogP contribution in [0.15, 0.2) is 0 Å². The van der Waals surface area contributed by atoms with Crippen molar-refractivity contribution in [1.29, 1.82) is 0 Å². The first kappa shape index (κ1) is 18.9. The molecule has 21 heavy (non-hydrogen) atoms. The molecule has 2 atom stereocenters. The maximum atomic E-state index is 3.74. The number of rotatable bonds is 9. The van der Waals surface area contributed by atoms with Crippen molar-refractivity contribution in [3.05, 3.63) is 0 Å². The largest absolute Gasteiger partial charge is 0.313 e. The van der Waals surface area contributed by atoms with Crippen molar-refractivity contribution in [1.82, 2.24) is 15.1 Å². The lowest BCUT2D eigenvalue weighted by Crippen LogP contribution is -2.44. The second-order valence-electron chi connectivity index (χ2n) is 7.85. The Hall–Kier alpha value is -0.120. The summed E-state index contributed by atoms with van der Waals surface area (Å²) in [6.45, 7) is 17.7. The van der Waals surface area contributed by atoms with E-state index in [2.05, 4.69) is 56.8 Å². The van der Waals surface area contributed by atoms with E-state index in [0.29, 0.717) is 11.5 Å². The van der Waals surface area contributed by atoms with Crippen molar-refractivity contribution >= 4 is 0 Å². The van der Waals surface area contributed by atoms with Gasteiger partial charge in [-0.3, -0.25) is 4.90 Å². The van der Waals surface area contributed by atoms with Gasteiger partial charge in [0.15, 0.2) is 0 Å². The Morgan fingerprint density at radius 2 is 2.00 bits per heavy atom. The van der Waals surface area contributed by atoms with Gasteiger partial charge in [0.05, 0.1) is 0 Å². The fourth-order valence-electron chi connectivity index (χ4n) is 3.48. The maximum absolute atomic E-state index is 3.74. The molecule has 0 aromatic rings. The third-order valence-electron chi connectivity index (χ3n) is 4.91. The molecule has 0 aromatic carbocycles. The van der Waals surface area contributed by atoms with Crippen molar-refractivity contribution in [2.24, 2.45) is 5.41 Å². The first-order chi connectivity index (χ1) is 9.88. The normalized spacial score (nSPS) is 22.1. The molecule has 126 valence electrons. The molecule has 0 spiro atoms. The van der Waals surface area contributed by atoms with Gasteiger partial charge in [0, 0.05) is 18.6 Å². The lowest BCUT2D eigenvalue weighted by atomic mass is 9.84. The van der Waals surface area contributed by atoms with E-state index in [4.69, 9.17) is 0 Å². The maximum Gasteiger partial charge on any atom is 0.0223 e. The molecule has 3 heteroatoms. The molecule has 0 radical (unpaired) electrons. The summed E-state index contributed by atoms with van der Waals surface area (Å²) in [5.41, 5.74) is 0.346. The van der Waals surface area contributed by atoms with Crippen molar-refractivity contribution in [3.63, 3.8) is 0 Å². The Balaban J connectivity index is 2.36. The monoisotopic (exact) mass is 297 g/mol. The summed E-state index contributed by atoms with van der Waals surface area (Å²) < 4.78 is 0. The van der Waals surface area contributed by atoms with E-state index < -0.39 is 0 Å². The van der Waals surface area contributed by atoms with Gasteiger partial charge in [0.25, 0.3) is 0 Å². The van der Waals surface area contributed by atoms with Crippen LogP contribution >= 0.6 is 0 Å². The minimum absolute atomic E-state index is 0.346. The van der Waals surface area contributed by atoms with Crippen LogP contribution in [0.2, 0.25) is 0 Å². The van der Waals surface area contributed by atoms with Crippen molar-refractivity contribution < 1.29 is 0 Å². The molecule has 1 fully saturated rings. The highest BCUT2D eigenvalue weighted by molar-refractivity contribution is 4.83. The van der Waals surface area contributed by atoms with Crippen LogP contribution in [0.25, 0.3) is 0 Å². The third-order valence-corrected chi connectivity index (χ3v) is 4.91. The average molecular weight is 298 g/mol. The number of hydrogen-bond donors (Lipinski definition) is 1. The van der Waals surface area contributed by atoms with Crippen molar-refractivity contribution in [2.75, 3.05) is 39.8 Å². The molecule has 1 saturated heterocycles. The molecule has 2 unspecified atom stereocenters. The number of likely N-dealkylation sites (N-methyl/N-ethyl adjacent to an activating group) is 2. The lowest BCUT2D eigenvalue weighted by molar-refractivity contribution is 0.178. The fourth-order valence-corrected chi connectivity index (χ4v) is 3.48. The second kappa shape index (κ2) is 9.12. The van der Waals surface area contributed by atoms with Crippen LogP contribution in [0.4, 0.5) is 0 Å². The van der Waals surface area contributed by atoms with Crippen LogP contribution in [0.5, 0.6) is 0 Å². The van der Waals surface area contributed by atoms with Gasteiger partial charge in [0.2, 0.25) is 0 Å². The van der Waals surface area contributed by atoms with E-state index in [1.807, 2.05) is 0 Å². The molecule has 3 nitrogen and oxygen atoms in total. The average Bonchev–Trinajstić information content (AvgIpc) is 2.84. The Bertz CT molecular complexity index is 272. The summed E-state index contributed by atoms with van der Waals surface area (Å²) in [6, 6.07) is 1.41. The number of nitrogens with zero attached hydrogens (tertiary/aromatic N) is 2. The number of likely N-dealkylation sites (tertiary alicyclic amines) is 1. The van der Waals surface area contributed by atoms with E-state index in [1.165, 1.54) is 51.9 Å². The second-order valence-corrected chi connectivity index (χ2v) is 7.85. The smallest absolute Gasteiger partial charge is 0.0223 e. The number of hydrogen-bond acceptors (Lipinski definition) is 3. The first-order valence-corrected chi connectivity index (χ1v) is 9.04. The van der Waals surface area contributed by atoms with Crippen molar-refractivity contribution in [2.45, 2.75) is 72.4 Å². The van der Waals surface area contributed by atoms with E-state index in [0.717, 1.165) is 12.6 Å². The molecule has 0 saturated carbocycles. The van der Waals surface area contributed by atoms with Crippen LogP contribution in [0, 0.1) is 5.41 Å². The van der Waals surface area contributed by atoms with Gasteiger partial charge in [-0.2, -0.15) is 0 Å². The van der Waals surface area contributed by atoms with Crippen LogP contribution in [0.1, 0.15) is 60.3 Å². The number of nitrogens with one attached hydrogen (secondary N) is 1. The van der Waals surface area contributed by atoms with E-state index in [-0.39, 0.29) is 0 Å². The highest BCUT2D eigenvalue weighted by Crippen LogP contribution is 2.22. The Morgan fingerprint density at radius 1 is 1.29 bits per heavy atom. The van der Waals surface area contributed by atoms with Crippen LogP contribution < -0.4 is 5.32 Å². The predicted octanol–water partition coefficient (Wildman–Crippen LogP) is 3.21. The van der Waals surface area contributed by atoms with Crippen LogP contribution in [-0.4, -0.2) is 61.7 Å². The first-order valence-electron chi connectivity index (χ1n) is 9.04. The zero-order valence-electron chi connectivity index (χ0n) is 15.4. The third kappa shape index (κ3) is 6.66. The highest BCUT2D eigenvalue weighted by atomic mass is 15.2. The quantitative estimate of drug-likeness (QED) is 0.705. The van der Waals surface area contributed by atoms with Gasteiger partial charge in [-0.25, -0.2) is 0 Å². The molecule has 1 aliphatic rings. The summed E-state index contributed by atoms with van der Waals surface area (Å²) >= 11 is 0. The van der Waals surface area contributed by atoms with Crippen LogP contribution in [-0.2, 0) is 0 Å². The van der Waals surface area contributed by atoms with Gasteiger partial charge < -0.3 is 10.2 Å². The van der Waals surface area contributed by atoms with E-state index in [9.17, 15) is 0 Å². The molecule has 0 bridgehead atoms. The summed E-state index contributed by atoms with van der Waals surface area (Å²) in [4.78, 5) is 5.19. The van der Waals surface area contributed by atoms with Gasteiger partial charge in [0.1, 0.15) is 0 Å². The molecular formula is C18H39N3. The minimum atomic E-state index is 0.346. The minimum Gasteiger partial charge on any atom is -0.313 e. The van der Waals surface area contributed by atoms with Gasteiger partial charge in [-0.15, -0.1) is 0 Å². The zero-order chi connectivity index (χ0) is 15.9. The van der Waals surface area contributed by atoms with Gasteiger partial charge in [-0.05, 0) is 64.3 Å². The molecule has 1 rings (SSSR count). The SMILES string of the molecule is CCCNC(CCN(C)CC1CCCN1CC)C(C)(C)C. The zero-order valence-corrected chi connectivity index (χ0v) is 15.4.